The van der Waals surface area contributed by atoms with Crippen LogP contribution in [-0.2, 0) is 0 Å². The van der Waals surface area contributed by atoms with E-state index in [0.29, 0.717) is 10.6 Å². The van der Waals surface area contributed by atoms with E-state index in [1.807, 2.05) is 36.4 Å². The molecule has 0 aromatic heterocycles. The highest BCUT2D eigenvalue weighted by Crippen LogP contribution is 2.31. The molecule has 0 spiro atoms. The molecule has 0 atom stereocenters. The lowest BCUT2D eigenvalue weighted by Crippen LogP contribution is -2.11. The number of nitrogen functional groups attached to an aromatic ring is 1. The third kappa shape index (κ3) is 3.28. The Hall–Kier alpha value is -0.970. The monoisotopic (exact) mass is 340 g/mol. The smallest absolute Gasteiger partial charge is 0.124 e. The molecule has 2 nitrogen and oxygen atoms in total. The molecule has 0 aliphatic carbocycles. The van der Waals surface area contributed by atoms with E-state index in [-0.39, 0.29) is 5.84 Å². The lowest BCUT2D eigenvalue weighted by molar-refractivity contribution is 1.37. The fourth-order valence-electron chi connectivity index (χ4n) is 1.42. The lowest BCUT2D eigenvalue weighted by atomic mass is 10.2. The maximum atomic E-state index is 7.37. The van der Waals surface area contributed by atoms with Crippen molar-refractivity contribution in [3.63, 3.8) is 0 Å². The normalized spacial score (nSPS) is 10.3. The molecule has 2 aromatic rings. The maximum Gasteiger partial charge on any atom is 0.124 e. The van der Waals surface area contributed by atoms with E-state index in [1.54, 1.807) is 17.8 Å². The molecule has 18 heavy (non-hydrogen) atoms. The molecule has 0 unspecified atom stereocenters. The van der Waals surface area contributed by atoms with Gasteiger partial charge in [-0.25, -0.2) is 0 Å². The van der Waals surface area contributed by atoms with Crippen molar-refractivity contribution in [3.8, 4) is 0 Å². The second-order valence-corrected chi connectivity index (χ2v) is 6.08. The average molecular weight is 342 g/mol. The van der Waals surface area contributed by atoms with E-state index in [0.717, 1.165) is 14.3 Å². The predicted octanol–water partition coefficient (Wildman–Crippen LogP) is 4.54. The highest BCUT2D eigenvalue weighted by atomic mass is 79.9. The van der Waals surface area contributed by atoms with E-state index >= 15 is 0 Å². The van der Waals surface area contributed by atoms with Gasteiger partial charge in [-0.15, -0.1) is 0 Å². The molecule has 0 bridgehead atoms. The zero-order chi connectivity index (χ0) is 13.1. The van der Waals surface area contributed by atoms with Crippen LogP contribution in [0.25, 0.3) is 0 Å². The van der Waals surface area contributed by atoms with Gasteiger partial charge in [0.05, 0.1) is 5.02 Å². The van der Waals surface area contributed by atoms with Crippen LogP contribution in [0.3, 0.4) is 0 Å². The molecule has 0 fully saturated rings. The minimum atomic E-state index is -0.0137. The van der Waals surface area contributed by atoms with Crippen LogP contribution in [0.2, 0.25) is 5.02 Å². The van der Waals surface area contributed by atoms with Crippen molar-refractivity contribution < 1.29 is 0 Å². The van der Waals surface area contributed by atoms with Crippen molar-refractivity contribution >= 4 is 45.1 Å². The Balaban J connectivity index is 2.22. The highest BCUT2D eigenvalue weighted by Gasteiger charge is 2.05. The SMILES string of the molecule is N=C(N)c1ccc(Sc2ccc(Br)cc2)cc1Cl. The molecule has 0 aliphatic rings. The second kappa shape index (κ2) is 5.78. The van der Waals surface area contributed by atoms with Crippen LogP contribution in [0, 0.1) is 5.41 Å². The standard InChI is InChI=1S/C13H10BrClN2S/c14-8-1-3-9(4-2-8)18-10-5-6-11(13(16)17)12(15)7-10/h1-7H,(H3,16,17). The van der Waals surface area contributed by atoms with Gasteiger partial charge in [-0.2, -0.15) is 0 Å². The molecule has 5 heteroatoms. The van der Waals surface area contributed by atoms with Crippen LogP contribution in [0.15, 0.2) is 56.7 Å². The average Bonchev–Trinajstić information content (AvgIpc) is 2.32. The second-order valence-electron chi connectivity index (χ2n) is 3.61. The summed E-state index contributed by atoms with van der Waals surface area (Å²) in [7, 11) is 0. The van der Waals surface area contributed by atoms with E-state index in [1.165, 1.54) is 0 Å². The fraction of sp³-hybridized carbons (Fsp3) is 0. The summed E-state index contributed by atoms with van der Waals surface area (Å²) in [6.45, 7) is 0. The van der Waals surface area contributed by atoms with Crippen LogP contribution in [0.5, 0.6) is 0 Å². The Labute approximate surface area is 123 Å². The summed E-state index contributed by atoms with van der Waals surface area (Å²) in [5.74, 6) is -0.0137. The van der Waals surface area contributed by atoms with Crippen molar-refractivity contribution in [2.75, 3.05) is 0 Å². The number of halogens is 2. The zero-order valence-electron chi connectivity index (χ0n) is 9.28. The van der Waals surface area contributed by atoms with Crippen molar-refractivity contribution in [2.45, 2.75) is 9.79 Å². The Morgan fingerprint density at radius 1 is 1.11 bits per heavy atom. The van der Waals surface area contributed by atoms with Crippen molar-refractivity contribution in [1.29, 1.82) is 5.41 Å². The van der Waals surface area contributed by atoms with Gasteiger partial charge in [0.2, 0.25) is 0 Å². The number of hydrogen-bond donors (Lipinski definition) is 2. The van der Waals surface area contributed by atoms with Gasteiger partial charge in [0.25, 0.3) is 0 Å². The fourth-order valence-corrected chi connectivity index (χ4v) is 2.89. The largest absolute Gasteiger partial charge is 0.384 e. The Morgan fingerprint density at radius 2 is 1.72 bits per heavy atom. The molecule has 0 saturated carbocycles. The minimum Gasteiger partial charge on any atom is -0.384 e. The van der Waals surface area contributed by atoms with Crippen LogP contribution in [0.4, 0.5) is 0 Å². The maximum absolute atomic E-state index is 7.37. The summed E-state index contributed by atoms with van der Waals surface area (Å²) in [6, 6.07) is 13.6. The van der Waals surface area contributed by atoms with E-state index < -0.39 is 0 Å². The number of nitrogens with one attached hydrogen (secondary N) is 1. The van der Waals surface area contributed by atoms with Gasteiger partial charge in [-0.05, 0) is 42.5 Å². The van der Waals surface area contributed by atoms with Crippen LogP contribution >= 0.6 is 39.3 Å². The Bertz CT molecular complexity index is 584. The molecule has 0 saturated heterocycles. The highest BCUT2D eigenvalue weighted by molar-refractivity contribution is 9.10. The summed E-state index contributed by atoms with van der Waals surface area (Å²) in [4.78, 5) is 2.15. The van der Waals surface area contributed by atoms with Gasteiger partial charge in [-0.3, -0.25) is 5.41 Å². The molecule has 2 aromatic carbocycles. The third-order valence-corrected chi connectivity index (χ3v) is 4.12. The lowest BCUT2D eigenvalue weighted by Gasteiger charge is -2.06. The van der Waals surface area contributed by atoms with Crippen molar-refractivity contribution in [3.05, 3.63) is 57.5 Å². The number of benzene rings is 2. The van der Waals surface area contributed by atoms with Crippen LogP contribution in [-0.4, -0.2) is 5.84 Å². The minimum absolute atomic E-state index is 0.0137. The number of hydrogen-bond acceptors (Lipinski definition) is 2. The summed E-state index contributed by atoms with van der Waals surface area (Å²) in [5.41, 5.74) is 5.99. The molecule has 0 aliphatic heterocycles. The molecule has 0 heterocycles. The van der Waals surface area contributed by atoms with Gasteiger partial charge in [-0.1, -0.05) is 39.3 Å². The van der Waals surface area contributed by atoms with Gasteiger partial charge < -0.3 is 5.73 Å². The third-order valence-electron chi connectivity index (χ3n) is 2.28. The summed E-state index contributed by atoms with van der Waals surface area (Å²) < 4.78 is 1.05. The molecular formula is C13H10BrClN2S. The zero-order valence-corrected chi connectivity index (χ0v) is 12.4. The molecule has 3 N–H and O–H groups in total. The number of nitrogens with two attached hydrogens (primary N) is 1. The first kappa shape index (κ1) is 13.5. The molecule has 0 radical (unpaired) electrons. The first-order valence-electron chi connectivity index (χ1n) is 5.13. The molecule has 2 rings (SSSR count). The summed E-state index contributed by atoms with van der Waals surface area (Å²) in [6.07, 6.45) is 0. The topological polar surface area (TPSA) is 49.9 Å². The van der Waals surface area contributed by atoms with Gasteiger partial charge in [0, 0.05) is 19.8 Å². The number of rotatable bonds is 3. The Kier molecular flexibility index (Phi) is 4.32. The van der Waals surface area contributed by atoms with E-state index in [9.17, 15) is 0 Å². The van der Waals surface area contributed by atoms with Crippen molar-refractivity contribution in [1.82, 2.24) is 0 Å². The molecular weight excluding hydrogens is 332 g/mol. The van der Waals surface area contributed by atoms with E-state index in [4.69, 9.17) is 22.7 Å². The van der Waals surface area contributed by atoms with Gasteiger partial charge in [0.1, 0.15) is 5.84 Å². The van der Waals surface area contributed by atoms with Crippen molar-refractivity contribution in [2.24, 2.45) is 5.73 Å². The first-order valence-corrected chi connectivity index (χ1v) is 7.12. The summed E-state index contributed by atoms with van der Waals surface area (Å²) >= 11 is 11.1. The number of amidine groups is 1. The predicted molar refractivity (Wildman–Crippen MR) is 80.7 cm³/mol. The van der Waals surface area contributed by atoms with E-state index in [2.05, 4.69) is 15.9 Å². The quantitative estimate of drug-likeness (QED) is 0.636. The van der Waals surface area contributed by atoms with Crippen LogP contribution in [0.1, 0.15) is 5.56 Å². The van der Waals surface area contributed by atoms with Crippen LogP contribution < -0.4 is 5.73 Å². The van der Waals surface area contributed by atoms with Gasteiger partial charge in [0.15, 0.2) is 0 Å². The molecule has 0 amide bonds. The Morgan fingerprint density at radius 3 is 2.28 bits per heavy atom. The summed E-state index contributed by atoms with van der Waals surface area (Å²) in [5, 5.41) is 7.88. The van der Waals surface area contributed by atoms with Gasteiger partial charge >= 0.3 is 0 Å². The first-order chi connectivity index (χ1) is 8.56. The molecule has 92 valence electrons.